The van der Waals surface area contributed by atoms with Crippen molar-refractivity contribution in [1.82, 2.24) is 0 Å². The summed E-state index contributed by atoms with van der Waals surface area (Å²) >= 11 is 5.98. The second-order valence-electron chi connectivity index (χ2n) is 4.07. The highest BCUT2D eigenvalue weighted by Gasteiger charge is 2.07. The zero-order valence-electron chi connectivity index (χ0n) is 10.3. The van der Waals surface area contributed by atoms with Gasteiger partial charge in [-0.05, 0) is 54.8 Å². The third-order valence-electron chi connectivity index (χ3n) is 2.69. The van der Waals surface area contributed by atoms with Crippen LogP contribution in [0.25, 0.3) is 11.1 Å². The van der Waals surface area contributed by atoms with E-state index in [-0.39, 0.29) is 5.82 Å². The molecule has 0 bridgehead atoms. The highest BCUT2D eigenvalue weighted by molar-refractivity contribution is 6.30. The molecule has 0 unspecified atom stereocenters. The number of halogens is 2. The smallest absolute Gasteiger partial charge is 0.127 e. The Kier molecular flexibility index (Phi) is 3.87. The molecule has 18 heavy (non-hydrogen) atoms. The van der Waals surface area contributed by atoms with Crippen LogP contribution < -0.4 is 4.74 Å². The lowest BCUT2D eigenvalue weighted by atomic mass is 10.0. The van der Waals surface area contributed by atoms with E-state index in [1.807, 2.05) is 38.1 Å². The Balaban J connectivity index is 2.52. The number of benzene rings is 2. The topological polar surface area (TPSA) is 9.23 Å². The third-order valence-corrected chi connectivity index (χ3v) is 2.93. The minimum Gasteiger partial charge on any atom is -0.494 e. The summed E-state index contributed by atoms with van der Waals surface area (Å²) in [6, 6.07) is 10.3. The Morgan fingerprint density at radius 2 is 1.94 bits per heavy atom. The van der Waals surface area contributed by atoms with Crippen LogP contribution in [0.2, 0.25) is 5.02 Å². The van der Waals surface area contributed by atoms with Crippen LogP contribution in [0, 0.1) is 12.7 Å². The molecule has 2 aromatic carbocycles. The number of hydrogen-bond acceptors (Lipinski definition) is 1. The summed E-state index contributed by atoms with van der Waals surface area (Å²) in [6.45, 7) is 4.35. The van der Waals surface area contributed by atoms with Crippen molar-refractivity contribution in [2.75, 3.05) is 6.61 Å². The summed E-state index contributed by atoms with van der Waals surface area (Å²) in [4.78, 5) is 0. The number of hydrogen-bond donors (Lipinski definition) is 0. The first-order chi connectivity index (χ1) is 8.60. The van der Waals surface area contributed by atoms with Crippen LogP contribution in [0.4, 0.5) is 4.39 Å². The summed E-state index contributed by atoms with van der Waals surface area (Å²) in [5, 5.41) is 0.637. The van der Waals surface area contributed by atoms with E-state index in [1.165, 1.54) is 12.1 Å². The van der Waals surface area contributed by atoms with Crippen molar-refractivity contribution in [2.24, 2.45) is 0 Å². The van der Waals surface area contributed by atoms with Crippen LogP contribution in [0.3, 0.4) is 0 Å². The van der Waals surface area contributed by atoms with Gasteiger partial charge in [-0.15, -0.1) is 0 Å². The maximum atomic E-state index is 13.6. The molecule has 0 aliphatic carbocycles. The molecule has 0 saturated heterocycles. The summed E-state index contributed by atoms with van der Waals surface area (Å²) in [6.07, 6.45) is 0. The first-order valence-corrected chi connectivity index (χ1v) is 6.18. The van der Waals surface area contributed by atoms with Gasteiger partial charge < -0.3 is 4.74 Å². The molecule has 0 aromatic heterocycles. The van der Waals surface area contributed by atoms with Gasteiger partial charge >= 0.3 is 0 Å². The van der Waals surface area contributed by atoms with Gasteiger partial charge in [0, 0.05) is 11.1 Å². The first-order valence-electron chi connectivity index (χ1n) is 5.80. The van der Waals surface area contributed by atoms with Crippen LogP contribution in [0.15, 0.2) is 36.4 Å². The van der Waals surface area contributed by atoms with Gasteiger partial charge in [-0.2, -0.15) is 0 Å². The maximum absolute atomic E-state index is 13.6. The molecule has 1 nitrogen and oxygen atoms in total. The van der Waals surface area contributed by atoms with Gasteiger partial charge in [0.15, 0.2) is 0 Å². The number of aryl methyl sites for hydroxylation is 1. The molecule has 0 aliphatic heterocycles. The summed E-state index contributed by atoms with van der Waals surface area (Å²) in [7, 11) is 0. The van der Waals surface area contributed by atoms with Gasteiger partial charge in [0.25, 0.3) is 0 Å². The largest absolute Gasteiger partial charge is 0.494 e. The molecule has 0 N–H and O–H groups in total. The monoisotopic (exact) mass is 264 g/mol. The van der Waals surface area contributed by atoms with Crippen LogP contribution in [-0.4, -0.2) is 6.61 Å². The molecule has 0 fully saturated rings. The third kappa shape index (κ3) is 2.82. The molecule has 0 spiro atoms. The van der Waals surface area contributed by atoms with E-state index < -0.39 is 0 Å². The van der Waals surface area contributed by atoms with E-state index in [9.17, 15) is 4.39 Å². The van der Waals surface area contributed by atoms with Gasteiger partial charge in [-0.25, -0.2) is 4.39 Å². The van der Waals surface area contributed by atoms with E-state index in [0.29, 0.717) is 17.4 Å². The summed E-state index contributed by atoms with van der Waals surface area (Å²) in [5.41, 5.74) is 2.74. The normalized spacial score (nSPS) is 10.4. The minimum atomic E-state index is -0.310. The highest BCUT2D eigenvalue weighted by Crippen LogP contribution is 2.30. The molecule has 2 rings (SSSR count). The van der Waals surface area contributed by atoms with Crippen LogP contribution >= 0.6 is 11.6 Å². The van der Waals surface area contributed by atoms with E-state index >= 15 is 0 Å². The average Bonchev–Trinajstić information content (AvgIpc) is 2.32. The van der Waals surface area contributed by atoms with E-state index in [1.54, 1.807) is 0 Å². The van der Waals surface area contributed by atoms with E-state index in [2.05, 4.69) is 0 Å². The second-order valence-corrected chi connectivity index (χ2v) is 4.50. The average molecular weight is 265 g/mol. The van der Waals surface area contributed by atoms with Crippen molar-refractivity contribution >= 4 is 11.6 Å². The maximum Gasteiger partial charge on any atom is 0.127 e. The molecule has 3 heteroatoms. The molecule has 0 saturated carbocycles. The molecule has 2 aromatic rings. The zero-order chi connectivity index (χ0) is 13.1. The number of ether oxygens (including phenoxy) is 1. The molecule has 0 atom stereocenters. The molecule has 0 radical (unpaired) electrons. The predicted molar refractivity (Wildman–Crippen MR) is 72.8 cm³/mol. The van der Waals surface area contributed by atoms with Crippen LogP contribution in [0.1, 0.15) is 12.5 Å². The fraction of sp³-hybridized carbons (Fsp3) is 0.200. The molecule has 0 amide bonds. The SMILES string of the molecule is CCOc1cc(F)cc(-c2cc(Cl)ccc2C)c1. The van der Waals surface area contributed by atoms with Gasteiger partial charge in [0.1, 0.15) is 11.6 Å². The van der Waals surface area contributed by atoms with Crippen molar-refractivity contribution in [1.29, 1.82) is 0 Å². The number of rotatable bonds is 3. The summed E-state index contributed by atoms with van der Waals surface area (Å²) < 4.78 is 18.9. The van der Waals surface area contributed by atoms with Crippen molar-refractivity contribution in [3.8, 4) is 16.9 Å². The van der Waals surface area contributed by atoms with Crippen LogP contribution in [0.5, 0.6) is 5.75 Å². The standard InChI is InChI=1S/C15H14ClFO/c1-3-18-14-7-11(6-13(17)9-14)15-8-12(16)5-4-10(15)2/h4-9H,3H2,1-2H3. The van der Waals surface area contributed by atoms with Crippen molar-refractivity contribution in [3.63, 3.8) is 0 Å². The lowest BCUT2D eigenvalue weighted by molar-refractivity contribution is 0.338. The quantitative estimate of drug-likeness (QED) is 0.770. The lowest BCUT2D eigenvalue weighted by Gasteiger charge is -2.10. The molecule has 94 valence electrons. The second kappa shape index (κ2) is 5.40. The Morgan fingerprint density at radius 3 is 2.67 bits per heavy atom. The van der Waals surface area contributed by atoms with Gasteiger partial charge in [-0.3, -0.25) is 0 Å². The van der Waals surface area contributed by atoms with E-state index in [4.69, 9.17) is 16.3 Å². The van der Waals surface area contributed by atoms with Crippen molar-refractivity contribution in [3.05, 3.63) is 52.8 Å². The van der Waals surface area contributed by atoms with Gasteiger partial charge in [-0.1, -0.05) is 17.7 Å². The Labute approximate surface area is 111 Å². The lowest BCUT2D eigenvalue weighted by Crippen LogP contribution is -1.93. The van der Waals surface area contributed by atoms with Crippen molar-refractivity contribution in [2.45, 2.75) is 13.8 Å². The Hall–Kier alpha value is -1.54. The highest BCUT2D eigenvalue weighted by atomic mass is 35.5. The fourth-order valence-electron chi connectivity index (χ4n) is 1.87. The molecular formula is C15H14ClFO. The van der Waals surface area contributed by atoms with Crippen molar-refractivity contribution < 1.29 is 9.13 Å². The minimum absolute atomic E-state index is 0.310. The molecular weight excluding hydrogens is 251 g/mol. The van der Waals surface area contributed by atoms with E-state index in [0.717, 1.165) is 16.7 Å². The Bertz CT molecular complexity index is 566. The zero-order valence-corrected chi connectivity index (χ0v) is 11.1. The Morgan fingerprint density at radius 1 is 1.17 bits per heavy atom. The first kappa shape index (κ1) is 12.9. The van der Waals surface area contributed by atoms with Crippen LogP contribution in [-0.2, 0) is 0 Å². The summed E-state index contributed by atoms with van der Waals surface area (Å²) in [5.74, 6) is 0.224. The molecule has 0 aliphatic rings. The predicted octanol–water partition coefficient (Wildman–Crippen LogP) is 4.85. The van der Waals surface area contributed by atoms with Gasteiger partial charge in [0.05, 0.1) is 6.61 Å². The fourth-order valence-corrected chi connectivity index (χ4v) is 2.05. The van der Waals surface area contributed by atoms with Gasteiger partial charge in [0.2, 0.25) is 0 Å². The molecule has 0 heterocycles.